The second-order valence-corrected chi connectivity index (χ2v) is 4.36. The van der Waals surface area contributed by atoms with Crippen molar-refractivity contribution in [2.45, 2.75) is 18.4 Å². The third kappa shape index (κ3) is 1.87. The molecular formula is C13H13N3O. The maximum atomic E-state index is 9.70. The van der Waals surface area contributed by atoms with Gasteiger partial charge in [-0.05, 0) is 24.1 Å². The fraction of sp³-hybridized carbons (Fsp3) is 0.231. The molecule has 0 bridgehead atoms. The van der Waals surface area contributed by atoms with Crippen molar-refractivity contribution in [1.82, 2.24) is 9.97 Å². The smallest absolute Gasteiger partial charge is 0.162 e. The van der Waals surface area contributed by atoms with E-state index in [4.69, 9.17) is 5.73 Å². The lowest BCUT2D eigenvalue weighted by Gasteiger charge is -2.03. The molecule has 17 heavy (non-hydrogen) atoms. The number of para-hydroxylation sites is 1. The first kappa shape index (κ1) is 10.2. The summed E-state index contributed by atoms with van der Waals surface area (Å²) in [5.41, 5.74) is 7.51. The third-order valence-corrected chi connectivity index (χ3v) is 3.08. The van der Waals surface area contributed by atoms with E-state index in [1.165, 1.54) is 0 Å². The van der Waals surface area contributed by atoms with E-state index < -0.39 is 0 Å². The van der Waals surface area contributed by atoms with Crippen LogP contribution in [0, 0.1) is 0 Å². The number of nitrogens with two attached hydrogens (primary N) is 1. The van der Waals surface area contributed by atoms with Gasteiger partial charge < -0.3 is 10.8 Å². The molecule has 0 aliphatic heterocycles. The van der Waals surface area contributed by atoms with Crippen LogP contribution in [-0.2, 0) is 0 Å². The number of phenolic OH excluding ortho intramolecular Hbond substituents is 1. The van der Waals surface area contributed by atoms with Gasteiger partial charge in [0, 0.05) is 24.4 Å². The van der Waals surface area contributed by atoms with Crippen molar-refractivity contribution in [1.29, 1.82) is 0 Å². The molecule has 3 rings (SSSR count). The molecule has 3 N–H and O–H groups in total. The number of rotatable bonds is 2. The Morgan fingerprint density at radius 3 is 2.41 bits per heavy atom. The van der Waals surface area contributed by atoms with Gasteiger partial charge in [0.2, 0.25) is 0 Å². The van der Waals surface area contributed by atoms with Crippen LogP contribution in [0.25, 0.3) is 11.4 Å². The monoisotopic (exact) mass is 227 g/mol. The average Bonchev–Trinajstić information content (AvgIpc) is 3.07. The van der Waals surface area contributed by atoms with Crippen LogP contribution in [0.5, 0.6) is 5.75 Å². The highest BCUT2D eigenvalue weighted by Crippen LogP contribution is 2.38. The van der Waals surface area contributed by atoms with Crippen molar-refractivity contribution in [2.75, 3.05) is 0 Å². The molecule has 0 unspecified atom stereocenters. The molecule has 0 amide bonds. The van der Waals surface area contributed by atoms with E-state index in [0.717, 1.165) is 12.0 Å². The van der Waals surface area contributed by atoms with Crippen molar-refractivity contribution in [2.24, 2.45) is 5.73 Å². The number of phenols is 1. The zero-order valence-electron chi connectivity index (χ0n) is 9.24. The fourth-order valence-electron chi connectivity index (χ4n) is 1.93. The van der Waals surface area contributed by atoms with Crippen LogP contribution in [0.1, 0.15) is 17.9 Å². The molecule has 1 aliphatic rings. The summed E-state index contributed by atoms with van der Waals surface area (Å²) in [5, 5.41) is 9.70. The van der Waals surface area contributed by atoms with Gasteiger partial charge in [-0.25, -0.2) is 9.97 Å². The first-order valence-electron chi connectivity index (χ1n) is 5.61. The lowest BCUT2D eigenvalue weighted by Crippen LogP contribution is -2.01. The van der Waals surface area contributed by atoms with Crippen LogP contribution in [0.15, 0.2) is 36.7 Å². The summed E-state index contributed by atoms with van der Waals surface area (Å²) in [6.07, 6.45) is 4.61. The van der Waals surface area contributed by atoms with E-state index in [-0.39, 0.29) is 11.8 Å². The zero-order chi connectivity index (χ0) is 11.8. The first-order valence-corrected chi connectivity index (χ1v) is 5.61. The zero-order valence-corrected chi connectivity index (χ0v) is 9.24. The molecule has 2 atom stereocenters. The van der Waals surface area contributed by atoms with Crippen molar-refractivity contribution >= 4 is 0 Å². The van der Waals surface area contributed by atoms with Crippen LogP contribution < -0.4 is 5.73 Å². The van der Waals surface area contributed by atoms with E-state index >= 15 is 0 Å². The van der Waals surface area contributed by atoms with Gasteiger partial charge in [-0.15, -0.1) is 0 Å². The van der Waals surface area contributed by atoms with E-state index in [1.807, 2.05) is 6.07 Å². The second kappa shape index (κ2) is 3.82. The minimum atomic E-state index is 0.198. The first-order chi connectivity index (χ1) is 8.25. The number of nitrogens with zero attached hydrogens (tertiary/aromatic N) is 2. The topological polar surface area (TPSA) is 72.0 Å². The maximum absolute atomic E-state index is 9.70. The second-order valence-electron chi connectivity index (χ2n) is 4.36. The van der Waals surface area contributed by atoms with Gasteiger partial charge in [0.1, 0.15) is 5.75 Å². The number of hydrogen-bond acceptors (Lipinski definition) is 4. The molecule has 0 spiro atoms. The summed E-state index contributed by atoms with van der Waals surface area (Å²) in [7, 11) is 0. The summed E-state index contributed by atoms with van der Waals surface area (Å²) >= 11 is 0. The lowest BCUT2D eigenvalue weighted by molar-refractivity contribution is 0.477. The fourth-order valence-corrected chi connectivity index (χ4v) is 1.93. The van der Waals surface area contributed by atoms with Gasteiger partial charge in [-0.3, -0.25) is 0 Å². The van der Waals surface area contributed by atoms with Crippen LogP contribution in [0.4, 0.5) is 0 Å². The quantitative estimate of drug-likeness (QED) is 0.818. The Balaban J connectivity index is 1.92. The molecule has 0 saturated heterocycles. The summed E-state index contributed by atoms with van der Waals surface area (Å²) in [4.78, 5) is 8.56. The molecular weight excluding hydrogens is 214 g/mol. The number of aromatic nitrogens is 2. The highest BCUT2D eigenvalue weighted by Gasteiger charge is 2.35. The number of aromatic hydroxyl groups is 1. The van der Waals surface area contributed by atoms with Crippen molar-refractivity contribution < 1.29 is 5.11 Å². The Morgan fingerprint density at radius 1 is 1.18 bits per heavy atom. The van der Waals surface area contributed by atoms with Gasteiger partial charge in [-0.1, -0.05) is 12.1 Å². The van der Waals surface area contributed by atoms with Crippen molar-refractivity contribution in [3.8, 4) is 17.1 Å². The Kier molecular flexibility index (Phi) is 2.30. The van der Waals surface area contributed by atoms with Crippen molar-refractivity contribution in [3.05, 3.63) is 42.2 Å². The Bertz CT molecular complexity index is 539. The molecule has 0 radical (unpaired) electrons. The van der Waals surface area contributed by atoms with E-state index in [2.05, 4.69) is 9.97 Å². The highest BCUT2D eigenvalue weighted by atomic mass is 16.3. The molecule has 4 nitrogen and oxygen atoms in total. The molecule has 86 valence electrons. The normalized spacial score (nSPS) is 22.4. The number of hydrogen-bond donors (Lipinski definition) is 2. The molecule has 2 aromatic rings. The molecule has 1 fully saturated rings. The van der Waals surface area contributed by atoms with E-state index in [9.17, 15) is 5.11 Å². The molecule has 4 heteroatoms. The van der Waals surface area contributed by atoms with Gasteiger partial charge in [0.15, 0.2) is 5.82 Å². The van der Waals surface area contributed by atoms with Crippen LogP contribution in [0.3, 0.4) is 0 Å². The summed E-state index contributed by atoms with van der Waals surface area (Å²) in [6, 6.07) is 7.31. The predicted molar refractivity (Wildman–Crippen MR) is 64.5 cm³/mol. The van der Waals surface area contributed by atoms with Crippen LogP contribution in [0.2, 0.25) is 0 Å². The standard InChI is InChI=1S/C13H13N3O/c14-11-5-10(11)8-6-15-13(16-7-8)9-3-1-2-4-12(9)17/h1-4,6-7,10-11,17H,5,14H2/t10-,11+/m1/s1. The van der Waals surface area contributed by atoms with E-state index in [0.29, 0.717) is 17.3 Å². The maximum Gasteiger partial charge on any atom is 0.162 e. The largest absolute Gasteiger partial charge is 0.507 e. The molecule has 1 aromatic heterocycles. The number of benzene rings is 1. The molecule has 1 saturated carbocycles. The highest BCUT2D eigenvalue weighted by molar-refractivity contribution is 5.63. The molecule has 1 heterocycles. The SMILES string of the molecule is N[C@H]1C[C@@H]1c1cnc(-c2ccccc2O)nc1. The third-order valence-electron chi connectivity index (χ3n) is 3.08. The minimum absolute atomic E-state index is 0.198. The van der Waals surface area contributed by atoms with Crippen LogP contribution in [-0.4, -0.2) is 21.1 Å². The molecule has 1 aromatic carbocycles. The van der Waals surface area contributed by atoms with Crippen LogP contribution >= 0.6 is 0 Å². The Labute approximate surface area is 99.2 Å². The van der Waals surface area contributed by atoms with Gasteiger partial charge in [0.05, 0.1) is 5.56 Å². The summed E-state index contributed by atoms with van der Waals surface area (Å²) in [5.74, 6) is 1.15. The summed E-state index contributed by atoms with van der Waals surface area (Å²) in [6.45, 7) is 0. The van der Waals surface area contributed by atoms with Gasteiger partial charge in [0.25, 0.3) is 0 Å². The predicted octanol–water partition coefficient (Wildman–Crippen LogP) is 1.66. The minimum Gasteiger partial charge on any atom is -0.507 e. The molecule has 1 aliphatic carbocycles. The van der Waals surface area contributed by atoms with Gasteiger partial charge in [-0.2, -0.15) is 0 Å². The van der Waals surface area contributed by atoms with Gasteiger partial charge >= 0.3 is 0 Å². The Morgan fingerprint density at radius 2 is 1.82 bits per heavy atom. The lowest BCUT2D eigenvalue weighted by atomic mass is 10.1. The van der Waals surface area contributed by atoms with E-state index in [1.54, 1.807) is 30.6 Å². The average molecular weight is 227 g/mol. The summed E-state index contributed by atoms with van der Waals surface area (Å²) < 4.78 is 0. The van der Waals surface area contributed by atoms with Crippen molar-refractivity contribution in [3.63, 3.8) is 0 Å². The Hall–Kier alpha value is -1.94.